The number of carbonyl (C=O) groups is 1. The summed E-state index contributed by atoms with van der Waals surface area (Å²) in [6, 6.07) is 1.60. The molecule has 0 aliphatic carbocycles. The Morgan fingerprint density at radius 3 is 2.67 bits per heavy atom. The Hall–Kier alpha value is -1.29. The third kappa shape index (κ3) is 2.75. The summed E-state index contributed by atoms with van der Waals surface area (Å²) in [6.07, 6.45) is 2.62. The maximum Gasteiger partial charge on any atom is 0.257 e. The minimum absolute atomic E-state index is 0.0711. The minimum atomic E-state index is -0.0711. The molecule has 18 heavy (non-hydrogen) atoms. The summed E-state index contributed by atoms with van der Waals surface area (Å²) in [5.41, 5.74) is 6.52. The molecule has 0 bridgehead atoms. The fourth-order valence-corrected chi connectivity index (χ4v) is 2.80. The fraction of sp³-hybridized carbons (Fsp3) is 0.538. The van der Waals surface area contributed by atoms with Crippen LogP contribution in [-0.2, 0) is 0 Å². The maximum absolute atomic E-state index is 12.4. The second kappa shape index (κ2) is 5.14. The van der Waals surface area contributed by atoms with Gasteiger partial charge in [0, 0.05) is 13.1 Å². The van der Waals surface area contributed by atoms with Crippen LogP contribution in [0.5, 0.6) is 0 Å². The largest absolute Gasteiger partial charge is 0.397 e. The number of rotatable bonds is 1. The molecule has 5 heteroatoms. The molecule has 1 aromatic rings. The zero-order valence-corrected chi connectivity index (χ0v) is 11.4. The number of nitrogen functional groups attached to an aromatic ring is 1. The predicted octanol–water partition coefficient (Wildman–Crippen LogP) is 2.44. The van der Waals surface area contributed by atoms with Crippen LogP contribution in [0, 0.1) is 11.8 Å². The maximum atomic E-state index is 12.4. The fourth-order valence-electron chi connectivity index (χ4n) is 2.61. The summed E-state index contributed by atoms with van der Waals surface area (Å²) in [6.45, 7) is 5.87. The van der Waals surface area contributed by atoms with Crippen LogP contribution in [0.2, 0.25) is 5.15 Å². The lowest BCUT2D eigenvalue weighted by atomic mass is 9.91. The number of pyridine rings is 1. The van der Waals surface area contributed by atoms with E-state index in [1.807, 2.05) is 4.90 Å². The lowest BCUT2D eigenvalue weighted by molar-refractivity contribution is 0.0623. The van der Waals surface area contributed by atoms with Crippen molar-refractivity contribution in [2.75, 3.05) is 18.8 Å². The second-order valence-electron chi connectivity index (χ2n) is 5.26. The number of piperidine rings is 1. The Balaban J connectivity index is 2.22. The monoisotopic (exact) mass is 267 g/mol. The molecule has 0 radical (unpaired) electrons. The van der Waals surface area contributed by atoms with E-state index in [9.17, 15) is 4.79 Å². The standard InChI is InChI=1S/C13H18ClN3O/c1-8-3-9(2)7-17(6-8)13(18)11-4-10(15)5-16-12(11)14/h4-5,8-9H,3,6-7,15H2,1-2H3. The van der Waals surface area contributed by atoms with Crippen molar-refractivity contribution < 1.29 is 4.79 Å². The number of nitrogens with two attached hydrogens (primary N) is 1. The number of amides is 1. The van der Waals surface area contributed by atoms with Crippen LogP contribution in [-0.4, -0.2) is 28.9 Å². The van der Waals surface area contributed by atoms with E-state index in [1.54, 1.807) is 6.07 Å². The van der Waals surface area contributed by atoms with Crippen LogP contribution < -0.4 is 5.73 Å². The number of nitrogens with zero attached hydrogens (tertiary/aromatic N) is 2. The van der Waals surface area contributed by atoms with Crippen molar-refractivity contribution in [3.63, 3.8) is 0 Å². The first-order valence-corrected chi connectivity index (χ1v) is 6.55. The highest BCUT2D eigenvalue weighted by molar-refractivity contribution is 6.32. The molecule has 98 valence electrons. The summed E-state index contributed by atoms with van der Waals surface area (Å²) < 4.78 is 0. The number of hydrogen-bond acceptors (Lipinski definition) is 3. The van der Waals surface area contributed by atoms with Gasteiger partial charge in [0.05, 0.1) is 17.4 Å². The molecule has 1 aromatic heterocycles. The number of aromatic nitrogens is 1. The molecule has 4 nitrogen and oxygen atoms in total. The van der Waals surface area contributed by atoms with E-state index in [0.717, 1.165) is 19.5 Å². The molecule has 0 saturated carbocycles. The average Bonchev–Trinajstić information content (AvgIpc) is 2.30. The molecule has 1 aliphatic heterocycles. The summed E-state index contributed by atoms with van der Waals surface area (Å²) >= 11 is 5.97. The molecule has 2 rings (SSSR count). The van der Waals surface area contributed by atoms with Gasteiger partial charge in [-0.2, -0.15) is 0 Å². The third-order valence-corrected chi connectivity index (χ3v) is 3.55. The van der Waals surface area contributed by atoms with E-state index in [-0.39, 0.29) is 11.1 Å². The molecule has 1 fully saturated rings. The molecule has 2 unspecified atom stereocenters. The van der Waals surface area contributed by atoms with E-state index in [0.29, 0.717) is 23.1 Å². The zero-order chi connectivity index (χ0) is 13.3. The minimum Gasteiger partial charge on any atom is -0.397 e. The third-order valence-electron chi connectivity index (χ3n) is 3.25. The van der Waals surface area contributed by atoms with E-state index in [1.165, 1.54) is 6.20 Å². The molecule has 1 aliphatic rings. The van der Waals surface area contributed by atoms with Crippen LogP contribution in [0.25, 0.3) is 0 Å². The van der Waals surface area contributed by atoms with Crippen molar-refractivity contribution in [3.05, 3.63) is 23.0 Å². The van der Waals surface area contributed by atoms with Crippen molar-refractivity contribution in [3.8, 4) is 0 Å². The highest BCUT2D eigenvalue weighted by Gasteiger charge is 2.27. The van der Waals surface area contributed by atoms with Crippen molar-refractivity contribution in [1.82, 2.24) is 9.88 Å². The van der Waals surface area contributed by atoms with Crippen LogP contribution in [0.1, 0.15) is 30.6 Å². The number of likely N-dealkylation sites (tertiary alicyclic amines) is 1. The van der Waals surface area contributed by atoms with Crippen LogP contribution in [0.4, 0.5) is 5.69 Å². The van der Waals surface area contributed by atoms with Gasteiger partial charge < -0.3 is 10.6 Å². The summed E-state index contributed by atoms with van der Waals surface area (Å²) in [7, 11) is 0. The molecule has 1 amide bonds. The predicted molar refractivity (Wildman–Crippen MR) is 72.5 cm³/mol. The van der Waals surface area contributed by atoms with Crippen LogP contribution >= 0.6 is 11.6 Å². The van der Waals surface area contributed by atoms with E-state index in [2.05, 4.69) is 18.8 Å². The SMILES string of the molecule is CC1CC(C)CN(C(=O)c2cc(N)cnc2Cl)C1. The molecule has 0 aromatic carbocycles. The van der Waals surface area contributed by atoms with Crippen LogP contribution in [0.3, 0.4) is 0 Å². The van der Waals surface area contributed by atoms with E-state index >= 15 is 0 Å². The molecular weight excluding hydrogens is 250 g/mol. The van der Waals surface area contributed by atoms with Gasteiger partial charge in [-0.1, -0.05) is 25.4 Å². The first kappa shape index (κ1) is 13.1. The highest BCUT2D eigenvalue weighted by atomic mass is 35.5. The number of halogens is 1. The van der Waals surface area contributed by atoms with E-state index in [4.69, 9.17) is 17.3 Å². The van der Waals surface area contributed by atoms with Crippen LogP contribution in [0.15, 0.2) is 12.3 Å². The van der Waals surface area contributed by atoms with Gasteiger partial charge in [-0.3, -0.25) is 4.79 Å². The molecule has 2 atom stereocenters. The smallest absolute Gasteiger partial charge is 0.257 e. The van der Waals surface area contributed by atoms with Gasteiger partial charge >= 0.3 is 0 Å². The van der Waals surface area contributed by atoms with Gasteiger partial charge in [-0.25, -0.2) is 4.98 Å². The second-order valence-corrected chi connectivity index (χ2v) is 5.62. The molecular formula is C13H18ClN3O. The molecule has 1 saturated heterocycles. The van der Waals surface area contributed by atoms with Crippen molar-refractivity contribution in [2.24, 2.45) is 11.8 Å². The Bertz CT molecular complexity index is 454. The Kier molecular flexibility index (Phi) is 3.76. The van der Waals surface area contributed by atoms with Crippen molar-refractivity contribution >= 4 is 23.2 Å². The molecule has 2 heterocycles. The Morgan fingerprint density at radius 1 is 1.44 bits per heavy atom. The normalized spacial score (nSPS) is 24.1. The average molecular weight is 268 g/mol. The lowest BCUT2D eigenvalue weighted by Crippen LogP contribution is -2.42. The van der Waals surface area contributed by atoms with Gasteiger partial charge in [0.2, 0.25) is 0 Å². The number of anilines is 1. The molecule has 0 spiro atoms. The first-order chi connectivity index (χ1) is 8.47. The van der Waals surface area contributed by atoms with Crippen molar-refractivity contribution in [1.29, 1.82) is 0 Å². The van der Waals surface area contributed by atoms with Gasteiger partial charge in [-0.15, -0.1) is 0 Å². The van der Waals surface area contributed by atoms with Crippen molar-refractivity contribution in [2.45, 2.75) is 20.3 Å². The van der Waals surface area contributed by atoms with Gasteiger partial charge in [0.15, 0.2) is 0 Å². The Labute approximate surface area is 112 Å². The summed E-state index contributed by atoms with van der Waals surface area (Å²) in [5, 5.41) is 0.222. The van der Waals surface area contributed by atoms with Gasteiger partial charge in [-0.05, 0) is 24.3 Å². The van der Waals surface area contributed by atoms with E-state index < -0.39 is 0 Å². The quantitative estimate of drug-likeness (QED) is 0.795. The lowest BCUT2D eigenvalue weighted by Gasteiger charge is -2.35. The van der Waals surface area contributed by atoms with Gasteiger partial charge in [0.1, 0.15) is 5.15 Å². The molecule has 2 N–H and O–H groups in total. The summed E-state index contributed by atoms with van der Waals surface area (Å²) in [5.74, 6) is 0.967. The first-order valence-electron chi connectivity index (χ1n) is 6.17. The number of hydrogen-bond donors (Lipinski definition) is 1. The summed E-state index contributed by atoms with van der Waals surface area (Å²) in [4.78, 5) is 18.2. The van der Waals surface area contributed by atoms with Gasteiger partial charge in [0.25, 0.3) is 5.91 Å². The highest BCUT2D eigenvalue weighted by Crippen LogP contribution is 2.24. The number of carbonyl (C=O) groups excluding carboxylic acids is 1. The zero-order valence-electron chi connectivity index (χ0n) is 10.7. The topological polar surface area (TPSA) is 59.2 Å². The Morgan fingerprint density at radius 2 is 2.06 bits per heavy atom.